The van der Waals surface area contributed by atoms with Gasteiger partial charge in [-0.1, -0.05) is 26.0 Å². The number of ether oxygens (including phenoxy) is 1. The van der Waals surface area contributed by atoms with Gasteiger partial charge in [-0.2, -0.15) is 13.2 Å². The predicted molar refractivity (Wildman–Crippen MR) is 90.9 cm³/mol. The Hall–Kier alpha value is -2.44. The number of hydrogen-bond donors (Lipinski definition) is 0. The molecule has 0 saturated carbocycles. The van der Waals surface area contributed by atoms with Crippen LogP contribution in [0.2, 0.25) is 0 Å². The van der Waals surface area contributed by atoms with Crippen LogP contribution in [0.25, 0.3) is 0 Å². The molecule has 0 saturated heterocycles. The molecule has 2 aromatic rings. The monoisotopic (exact) mass is 369 g/mol. The molecule has 1 aromatic carbocycles. The second-order valence-corrected chi connectivity index (χ2v) is 6.43. The van der Waals surface area contributed by atoms with Crippen LogP contribution >= 0.6 is 0 Å². The molecule has 0 N–H and O–H groups in total. The number of alkyl halides is 3. The Morgan fingerprint density at radius 3 is 2.58 bits per heavy atom. The van der Waals surface area contributed by atoms with Crippen LogP contribution in [0.15, 0.2) is 41.0 Å². The molecule has 0 bridgehead atoms. The maximum atomic E-state index is 12.8. The maximum absolute atomic E-state index is 12.8. The van der Waals surface area contributed by atoms with Crippen molar-refractivity contribution in [3.63, 3.8) is 0 Å². The molecule has 0 aliphatic carbocycles. The highest BCUT2D eigenvalue weighted by Gasteiger charge is 2.33. The van der Waals surface area contributed by atoms with Gasteiger partial charge >= 0.3 is 6.18 Å². The molecule has 7 heteroatoms. The van der Waals surface area contributed by atoms with Crippen molar-refractivity contribution < 1.29 is 27.1 Å². The van der Waals surface area contributed by atoms with Crippen LogP contribution in [0, 0.1) is 6.92 Å². The molecule has 1 heterocycles. The van der Waals surface area contributed by atoms with Gasteiger partial charge in [-0.3, -0.25) is 4.79 Å². The van der Waals surface area contributed by atoms with E-state index < -0.39 is 25.2 Å². The lowest BCUT2D eigenvalue weighted by Crippen LogP contribution is -2.40. The fourth-order valence-corrected chi connectivity index (χ4v) is 2.51. The Morgan fingerprint density at radius 1 is 1.27 bits per heavy atom. The summed E-state index contributed by atoms with van der Waals surface area (Å²) in [6.07, 6.45) is -3.15. The van der Waals surface area contributed by atoms with E-state index in [2.05, 4.69) is 0 Å². The number of amides is 1. The number of nitrogens with zero attached hydrogens (tertiary/aromatic N) is 1. The Kier molecular flexibility index (Phi) is 6.34. The first-order valence-corrected chi connectivity index (χ1v) is 8.26. The van der Waals surface area contributed by atoms with Crippen LogP contribution < -0.4 is 4.74 Å². The van der Waals surface area contributed by atoms with Crippen LogP contribution in [-0.4, -0.2) is 30.1 Å². The topological polar surface area (TPSA) is 42.7 Å². The van der Waals surface area contributed by atoms with Gasteiger partial charge in [0.2, 0.25) is 0 Å². The molecule has 2 rings (SSSR count). The molecule has 4 nitrogen and oxygen atoms in total. The summed E-state index contributed by atoms with van der Waals surface area (Å²) >= 11 is 0. The number of benzene rings is 1. The Bertz CT molecular complexity index is 724. The molecule has 0 aliphatic heterocycles. The molecule has 0 radical (unpaired) electrons. The summed E-state index contributed by atoms with van der Waals surface area (Å²) in [4.78, 5) is 13.0. The van der Waals surface area contributed by atoms with Crippen molar-refractivity contribution in [1.29, 1.82) is 0 Å². The van der Waals surface area contributed by atoms with Gasteiger partial charge in [0.25, 0.3) is 5.91 Å². The van der Waals surface area contributed by atoms with Gasteiger partial charge in [0.15, 0.2) is 6.61 Å². The normalized spacial score (nSPS) is 11.7. The highest BCUT2D eigenvalue weighted by atomic mass is 19.4. The van der Waals surface area contributed by atoms with Gasteiger partial charge in [-0.25, -0.2) is 0 Å². The van der Waals surface area contributed by atoms with Crippen molar-refractivity contribution >= 4 is 5.91 Å². The fourth-order valence-electron chi connectivity index (χ4n) is 2.51. The number of rotatable bonds is 7. The van der Waals surface area contributed by atoms with Gasteiger partial charge in [0.05, 0.1) is 12.8 Å². The maximum Gasteiger partial charge on any atom is 0.406 e. The van der Waals surface area contributed by atoms with Crippen molar-refractivity contribution in [2.24, 2.45) is 0 Å². The molecule has 26 heavy (non-hydrogen) atoms. The highest BCUT2D eigenvalue weighted by Crippen LogP contribution is 2.27. The third kappa shape index (κ3) is 5.82. The smallest absolute Gasteiger partial charge is 0.406 e. The van der Waals surface area contributed by atoms with Crippen LogP contribution in [0.4, 0.5) is 13.2 Å². The van der Waals surface area contributed by atoms with Crippen molar-refractivity contribution in [3.05, 3.63) is 53.5 Å². The van der Waals surface area contributed by atoms with E-state index in [-0.39, 0.29) is 18.2 Å². The van der Waals surface area contributed by atoms with E-state index in [1.54, 1.807) is 12.1 Å². The minimum absolute atomic E-state index is 0.162. The van der Waals surface area contributed by atoms with Crippen molar-refractivity contribution in [3.8, 4) is 5.75 Å². The number of halogens is 3. The molecule has 0 atom stereocenters. The molecule has 0 aliphatic rings. The summed E-state index contributed by atoms with van der Waals surface area (Å²) in [5.74, 6) is 0.198. The van der Waals surface area contributed by atoms with E-state index in [9.17, 15) is 18.0 Å². The Labute approximate surface area is 150 Å². The number of hydrogen-bond acceptors (Lipinski definition) is 3. The van der Waals surface area contributed by atoms with E-state index >= 15 is 0 Å². The first-order chi connectivity index (χ1) is 12.2. The lowest BCUT2D eigenvalue weighted by molar-refractivity contribution is -0.164. The Balaban J connectivity index is 2.10. The predicted octanol–water partition coefficient (Wildman–Crippen LogP) is 4.68. The van der Waals surface area contributed by atoms with E-state index in [4.69, 9.17) is 9.15 Å². The molecule has 142 valence electrons. The van der Waals surface area contributed by atoms with Crippen molar-refractivity contribution in [2.45, 2.75) is 39.4 Å². The molecule has 0 spiro atoms. The summed E-state index contributed by atoms with van der Waals surface area (Å²) in [5.41, 5.74) is 1.84. The zero-order chi connectivity index (χ0) is 19.3. The standard InChI is InChI=1S/C19H22F3NO3/c1-13(2)16-7-6-14(3)9-17(16)26-11-18(24)23(12-19(20,21)22)10-15-5-4-8-25-15/h4-9,13H,10-12H2,1-3H3. The second kappa shape index (κ2) is 8.29. The highest BCUT2D eigenvalue weighted by molar-refractivity contribution is 5.77. The van der Waals surface area contributed by atoms with Gasteiger partial charge in [0.1, 0.15) is 18.1 Å². The van der Waals surface area contributed by atoms with Crippen molar-refractivity contribution in [1.82, 2.24) is 4.90 Å². The van der Waals surface area contributed by atoms with Crippen LogP contribution in [0.1, 0.15) is 36.7 Å². The van der Waals surface area contributed by atoms with Gasteiger partial charge in [-0.05, 0) is 42.2 Å². The second-order valence-electron chi connectivity index (χ2n) is 6.43. The van der Waals surface area contributed by atoms with Gasteiger partial charge in [0, 0.05) is 0 Å². The summed E-state index contributed by atoms with van der Waals surface area (Å²) < 4.78 is 49.1. The largest absolute Gasteiger partial charge is 0.483 e. The van der Waals surface area contributed by atoms with Crippen LogP contribution in [-0.2, 0) is 11.3 Å². The zero-order valence-electron chi connectivity index (χ0n) is 15.0. The summed E-state index contributed by atoms with van der Waals surface area (Å²) in [5, 5.41) is 0. The van der Waals surface area contributed by atoms with E-state index in [1.165, 1.54) is 12.3 Å². The number of carbonyl (C=O) groups excluding carboxylic acids is 1. The lowest BCUT2D eigenvalue weighted by atomic mass is 10.0. The number of furan rings is 1. The van der Waals surface area contributed by atoms with E-state index in [0.717, 1.165) is 11.1 Å². The van der Waals surface area contributed by atoms with Crippen LogP contribution in [0.5, 0.6) is 5.75 Å². The first-order valence-electron chi connectivity index (χ1n) is 8.26. The summed E-state index contributed by atoms with van der Waals surface area (Å²) in [7, 11) is 0. The first kappa shape index (κ1) is 19.9. The zero-order valence-corrected chi connectivity index (χ0v) is 15.0. The average Bonchev–Trinajstić information content (AvgIpc) is 3.03. The minimum Gasteiger partial charge on any atom is -0.483 e. The van der Waals surface area contributed by atoms with E-state index in [0.29, 0.717) is 10.6 Å². The fraction of sp³-hybridized carbons (Fsp3) is 0.421. The van der Waals surface area contributed by atoms with Gasteiger partial charge < -0.3 is 14.1 Å². The number of carbonyl (C=O) groups is 1. The van der Waals surface area contributed by atoms with E-state index in [1.807, 2.05) is 32.9 Å². The SMILES string of the molecule is Cc1ccc(C(C)C)c(OCC(=O)N(Cc2ccco2)CC(F)(F)F)c1. The lowest BCUT2D eigenvalue weighted by Gasteiger charge is -2.23. The summed E-state index contributed by atoms with van der Waals surface area (Å²) in [6.45, 7) is 3.74. The third-order valence-electron chi connectivity index (χ3n) is 3.79. The Morgan fingerprint density at radius 2 is 2.00 bits per heavy atom. The molecule has 0 unspecified atom stereocenters. The molecule has 1 amide bonds. The summed E-state index contributed by atoms with van der Waals surface area (Å²) in [6, 6.07) is 8.69. The third-order valence-corrected chi connectivity index (χ3v) is 3.79. The van der Waals surface area contributed by atoms with Gasteiger partial charge in [-0.15, -0.1) is 0 Å². The number of aryl methyl sites for hydroxylation is 1. The average molecular weight is 369 g/mol. The quantitative estimate of drug-likeness (QED) is 0.712. The molecular formula is C19H22F3NO3. The van der Waals surface area contributed by atoms with Crippen molar-refractivity contribution in [2.75, 3.05) is 13.2 Å². The molecule has 0 fully saturated rings. The molecule has 1 aromatic heterocycles. The minimum atomic E-state index is -4.51. The molecular weight excluding hydrogens is 347 g/mol. The van der Waals surface area contributed by atoms with Crippen LogP contribution in [0.3, 0.4) is 0 Å².